The Morgan fingerprint density at radius 1 is 1.35 bits per heavy atom. The van der Waals surface area contributed by atoms with Crippen LogP contribution in [0, 0.1) is 0 Å². The third kappa shape index (κ3) is 8.08. The normalized spacial score (nSPS) is 14.2. The molecule has 0 heterocycles. The smallest absolute Gasteiger partial charge is 0.354 e. The van der Waals surface area contributed by atoms with Gasteiger partial charge in [-0.2, -0.15) is 0 Å². The maximum atomic E-state index is 11.2. The highest BCUT2D eigenvalue weighted by Crippen LogP contribution is 2.08. The van der Waals surface area contributed by atoms with Gasteiger partial charge in [-0.3, -0.25) is 0 Å². The van der Waals surface area contributed by atoms with Crippen molar-refractivity contribution < 1.29 is 19.4 Å². The standard InChI is InChI=1S/C13H26N2O4Si/c1-10(11(14)8-18-2)12(13(16)17)15-9-19-6-7-20(3,4)5/h6-9,14H2,1-5H3,(H,16,17). The van der Waals surface area contributed by atoms with Crippen molar-refractivity contribution in [3.8, 4) is 0 Å². The SMILES string of the molecule is COCC(N)=C(C)C(=NCOCC[Si](C)(C)C)C(=O)O. The fourth-order valence-electron chi connectivity index (χ4n) is 1.32. The monoisotopic (exact) mass is 302 g/mol. The number of hydrogen-bond donors (Lipinski definition) is 2. The molecule has 0 spiro atoms. The van der Waals surface area contributed by atoms with Crippen LogP contribution in [0.5, 0.6) is 0 Å². The first-order valence-electron chi connectivity index (χ1n) is 6.49. The molecule has 20 heavy (non-hydrogen) atoms. The van der Waals surface area contributed by atoms with Crippen LogP contribution in [0.3, 0.4) is 0 Å². The van der Waals surface area contributed by atoms with Crippen LogP contribution in [0.15, 0.2) is 16.3 Å². The zero-order valence-corrected chi connectivity index (χ0v) is 14.0. The molecule has 0 aliphatic heterocycles. The van der Waals surface area contributed by atoms with E-state index >= 15 is 0 Å². The van der Waals surface area contributed by atoms with E-state index < -0.39 is 14.0 Å². The first kappa shape index (κ1) is 18.8. The average molecular weight is 302 g/mol. The molecule has 0 bridgehead atoms. The fraction of sp³-hybridized carbons (Fsp3) is 0.692. The lowest BCUT2D eigenvalue weighted by atomic mass is 10.1. The van der Waals surface area contributed by atoms with Gasteiger partial charge in [-0.1, -0.05) is 19.6 Å². The minimum absolute atomic E-state index is 0.0315. The van der Waals surface area contributed by atoms with Gasteiger partial charge in [-0.25, -0.2) is 9.79 Å². The van der Waals surface area contributed by atoms with Crippen molar-refractivity contribution in [2.75, 3.05) is 27.1 Å². The maximum absolute atomic E-state index is 11.2. The summed E-state index contributed by atoms with van der Waals surface area (Å²) in [5.74, 6) is -1.12. The first-order chi connectivity index (χ1) is 9.19. The number of hydrogen-bond acceptors (Lipinski definition) is 5. The molecule has 0 amide bonds. The zero-order chi connectivity index (χ0) is 15.8. The third-order valence-electron chi connectivity index (χ3n) is 2.65. The van der Waals surface area contributed by atoms with Crippen molar-refractivity contribution >= 4 is 19.8 Å². The molecule has 0 rings (SSSR count). The summed E-state index contributed by atoms with van der Waals surface area (Å²) in [7, 11) is 0.355. The number of ether oxygens (including phenoxy) is 2. The summed E-state index contributed by atoms with van der Waals surface area (Å²) >= 11 is 0. The van der Waals surface area contributed by atoms with E-state index in [1.165, 1.54) is 7.11 Å². The van der Waals surface area contributed by atoms with Gasteiger partial charge in [0.15, 0.2) is 0 Å². The van der Waals surface area contributed by atoms with Crippen molar-refractivity contribution in [1.29, 1.82) is 0 Å². The number of rotatable bonds is 9. The summed E-state index contributed by atoms with van der Waals surface area (Å²) in [4.78, 5) is 15.1. The first-order valence-corrected chi connectivity index (χ1v) is 10.2. The van der Waals surface area contributed by atoms with E-state index in [0.29, 0.717) is 17.9 Å². The molecule has 0 aromatic carbocycles. The molecule has 0 radical (unpaired) electrons. The molecular weight excluding hydrogens is 276 g/mol. The van der Waals surface area contributed by atoms with E-state index in [1.807, 2.05) is 0 Å². The Hall–Kier alpha value is -1.18. The van der Waals surface area contributed by atoms with Crippen molar-refractivity contribution in [3.05, 3.63) is 11.3 Å². The van der Waals surface area contributed by atoms with Crippen molar-refractivity contribution in [2.45, 2.75) is 32.6 Å². The second-order valence-corrected chi connectivity index (χ2v) is 11.4. The summed E-state index contributed by atoms with van der Waals surface area (Å²) in [6.07, 6.45) is 0. The molecule has 0 aromatic heterocycles. The molecule has 0 saturated carbocycles. The van der Waals surface area contributed by atoms with Gasteiger partial charge in [-0.15, -0.1) is 0 Å². The molecular formula is C13H26N2O4Si. The summed E-state index contributed by atoms with van der Waals surface area (Å²) in [5.41, 5.74) is 6.42. The van der Waals surface area contributed by atoms with Crippen LogP contribution in [-0.2, 0) is 14.3 Å². The largest absolute Gasteiger partial charge is 0.477 e. The van der Waals surface area contributed by atoms with Crippen LogP contribution in [0.2, 0.25) is 25.7 Å². The second-order valence-electron chi connectivity index (χ2n) is 5.74. The number of nitrogens with zero attached hydrogens (tertiary/aromatic N) is 1. The number of aliphatic imine (C=N–C) groups is 1. The number of carboxylic acids is 1. The van der Waals surface area contributed by atoms with Crippen molar-refractivity contribution in [2.24, 2.45) is 10.7 Å². The molecule has 0 aromatic rings. The number of carboxylic acid groups (broad SMARTS) is 1. The Morgan fingerprint density at radius 2 is 1.95 bits per heavy atom. The Kier molecular flexibility index (Phi) is 8.36. The lowest BCUT2D eigenvalue weighted by Gasteiger charge is -2.14. The molecule has 0 unspecified atom stereocenters. The van der Waals surface area contributed by atoms with Gasteiger partial charge in [0.25, 0.3) is 0 Å². The second kappa shape index (κ2) is 8.88. The molecule has 7 heteroatoms. The van der Waals surface area contributed by atoms with Crippen LogP contribution in [0.1, 0.15) is 6.92 Å². The van der Waals surface area contributed by atoms with Crippen LogP contribution >= 0.6 is 0 Å². The number of nitrogens with two attached hydrogens (primary N) is 1. The van der Waals surface area contributed by atoms with Gasteiger partial charge in [0.2, 0.25) is 0 Å². The van der Waals surface area contributed by atoms with Crippen LogP contribution in [0.4, 0.5) is 0 Å². The Labute approximate surface area is 121 Å². The molecule has 0 fully saturated rings. The Morgan fingerprint density at radius 3 is 2.40 bits per heavy atom. The van der Waals surface area contributed by atoms with Crippen LogP contribution < -0.4 is 5.73 Å². The highest BCUT2D eigenvalue weighted by atomic mass is 28.3. The molecule has 0 aliphatic carbocycles. The quantitative estimate of drug-likeness (QED) is 0.384. The van der Waals surface area contributed by atoms with Gasteiger partial charge in [0.05, 0.1) is 6.61 Å². The number of carbonyl (C=O) groups is 1. The molecule has 3 N–H and O–H groups in total. The van der Waals surface area contributed by atoms with Crippen molar-refractivity contribution in [1.82, 2.24) is 0 Å². The molecule has 6 nitrogen and oxygen atoms in total. The van der Waals surface area contributed by atoms with Crippen LogP contribution in [0.25, 0.3) is 0 Å². The van der Waals surface area contributed by atoms with E-state index in [9.17, 15) is 4.79 Å². The highest BCUT2D eigenvalue weighted by molar-refractivity contribution is 6.76. The Balaban J connectivity index is 4.58. The number of methoxy groups -OCH3 is 1. The van der Waals surface area contributed by atoms with E-state index in [2.05, 4.69) is 24.6 Å². The summed E-state index contributed by atoms with van der Waals surface area (Å²) in [5, 5.41) is 9.14. The molecule has 116 valence electrons. The predicted octanol–water partition coefficient (Wildman–Crippen LogP) is 1.70. The van der Waals surface area contributed by atoms with Crippen molar-refractivity contribution in [3.63, 3.8) is 0 Å². The van der Waals surface area contributed by atoms with E-state index in [1.54, 1.807) is 6.92 Å². The minimum Gasteiger partial charge on any atom is -0.477 e. The zero-order valence-electron chi connectivity index (χ0n) is 13.0. The molecule has 0 saturated heterocycles. The van der Waals surface area contributed by atoms with Gasteiger partial charge in [0, 0.05) is 33.1 Å². The summed E-state index contributed by atoms with van der Waals surface area (Å²) in [6, 6.07) is 1.02. The topological polar surface area (TPSA) is 94.1 Å². The summed E-state index contributed by atoms with van der Waals surface area (Å²) in [6.45, 7) is 9.17. The van der Waals surface area contributed by atoms with Gasteiger partial charge in [-0.05, 0) is 13.0 Å². The average Bonchev–Trinajstić information content (AvgIpc) is 2.31. The summed E-state index contributed by atoms with van der Waals surface area (Å²) < 4.78 is 10.2. The minimum atomic E-state index is -1.14. The highest BCUT2D eigenvalue weighted by Gasteiger charge is 2.15. The molecule has 0 atom stereocenters. The maximum Gasteiger partial charge on any atom is 0.354 e. The predicted molar refractivity (Wildman–Crippen MR) is 82.8 cm³/mol. The van der Waals surface area contributed by atoms with E-state index in [-0.39, 0.29) is 19.0 Å². The lowest BCUT2D eigenvalue weighted by Crippen LogP contribution is -2.22. The van der Waals surface area contributed by atoms with E-state index in [4.69, 9.17) is 20.3 Å². The van der Waals surface area contributed by atoms with E-state index in [0.717, 1.165) is 6.04 Å². The number of aliphatic carboxylic acids is 1. The molecule has 0 aliphatic rings. The van der Waals surface area contributed by atoms with Crippen LogP contribution in [-0.4, -0.2) is 51.9 Å². The van der Waals surface area contributed by atoms with Gasteiger partial charge >= 0.3 is 5.97 Å². The van der Waals surface area contributed by atoms with Gasteiger partial charge < -0.3 is 20.3 Å². The lowest BCUT2D eigenvalue weighted by molar-refractivity contribution is -0.129. The fourth-order valence-corrected chi connectivity index (χ4v) is 2.07. The third-order valence-corrected chi connectivity index (χ3v) is 4.35. The van der Waals surface area contributed by atoms with Gasteiger partial charge in [0.1, 0.15) is 12.4 Å². The Bertz CT molecular complexity index is 386.